The second-order valence-corrected chi connectivity index (χ2v) is 4.93. The molecule has 22 heavy (non-hydrogen) atoms. The summed E-state index contributed by atoms with van der Waals surface area (Å²) in [4.78, 5) is 6.55. The van der Waals surface area contributed by atoms with Crippen molar-refractivity contribution in [1.29, 1.82) is 0 Å². The number of aromatic nitrogens is 2. The lowest BCUT2D eigenvalue weighted by molar-refractivity contribution is 0.239. The number of hydrogen-bond donors (Lipinski definition) is 0. The molecule has 0 saturated heterocycles. The van der Waals surface area contributed by atoms with Gasteiger partial charge >= 0.3 is 0 Å². The largest absolute Gasteiger partial charge is 0.461 e. The molecule has 0 unspecified atom stereocenters. The van der Waals surface area contributed by atoms with Gasteiger partial charge in [-0.1, -0.05) is 41.6 Å². The molecule has 0 aliphatic carbocycles. The van der Waals surface area contributed by atoms with E-state index in [0.29, 0.717) is 24.0 Å². The monoisotopic (exact) mass is 295 g/mol. The van der Waals surface area contributed by atoms with E-state index in [9.17, 15) is 0 Å². The molecule has 0 spiro atoms. The Morgan fingerprint density at radius 2 is 1.95 bits per heavy atom. The van der Waals surface area contributed by atoms with Gasteiger partial charge < -0.3 is 8.94 Å². The minimum absolute atomic E-state index is 0.471. The second-order valence-electron chi connectivity index (χ2n) is 4.93. The predicted molar refractivity (Wildman–Crippen MR) is 82.8 cm³/mol. The summed E-state index contributed by atoms with van der Waals surface area (Å²) in [5.74, 6) is 1.63. The van der Waals surface area contributed by atoms with Crippen LogP contribution < -0.4 is 0 Å². The van der Waals surface area contributed by atoms with E-state index in [0.717, 1.165) is 13.1 Å². The molecule has 2 aromatic heterocycles. The fraction of sp³-hybridized carbons (Fsp3) is 0.176. The van der Waals surface area contributed by atoms with Gasteiger partial charge in [0.1, 0.15) is 0 Å². The lowest BCUT2D eigenvalue weighted by Crippen LogP contribution is -2.23. The highest BCUT2D eigenvalue weighted by molar-refractivity contribution is 5.44. The lowest BCUT2D eigenvalue weighted by atomic mass is 10.2. The van der Waals surface area contributed by atoms with Crippen LogP contribution in [0.5, 0.6) is 0 Å². The number of nitrogens with zero attached hydrogens (tertiary/aromatic N) is 3. The Kier molecular flexibility index (Phi) is 4.46. The van der Waals surface area contributed by atoms with Crippen molar-refractivity contribution in [3.8, 4) is 11.6 Å². The molecule has 0 fully saturated rings. The highest BCUT2D eigenvalue weighted by Gasteiger charge is 2.14. The highest BCUT2D eigenvalue weighted by atomic mass is 16.5. The Morgan fingerprint density at radius 1 is 1.09 bits per heavy atom. The third kappa shape index (κ3) is 3.51. The summed E-state index contributed by atoms with van der Waals surface area (Å²) in [6.07, 6.45) is 3.46. The van der Waals surface area contributed by atoms with E-state index in [2.05, 4.69) is 33.8 Å². The number of benzene rings is 1. The zero-order valence-corrected chi connectivity index (χ0v) is 12.2. The zero-order valence-electron chi connectivity index (χ0n) is 12.2. The average molecular weight is 295 g/mol. The van der Waals surface area contributed by atoms with Crippen molar-refractivity contribution in [2.75, 3.05) is 6.54 Å². The van der Waals surface area contributed by atoms with Gasteiger partial charge in [-0.25, -0.2) is 0 Å². The maximum Gasteiger partial charge on any atom is 0.241 e. The first-order valence-electron chi connectivity index (χ1n) is 7.09. The van der Waals surface area contributed by atoms with Gasteiger partial charge in [0.05, 0.1) is 12.8 Å². The van der Waals surface area contributed by atoms with Crippen LogP contribution in [0.25, 0.3) is 11.6 Å². The zero-order chi connectivity index (χ0) is 15.2. The summed E-state index contributed by atoms with van der Waals surface area (Å²) in [6, 6.07) is 13.9. The van der Waals surface area contributed by atoms with Crippen molar-refractivity contribution in [3.63, 3.8) is 0 Å². The van der Waals surface area contributed by atoms with Crippen LogP contribution in [0.2, 0.25) is 0 Å². The van der Waals surface area contributed by atoms with E-state index in [1.807, 2.05) is 24.3 Å². The van der Waals surface area contributed by atoms with E-state index in [1.165, 1.54) is 5.56 Å². The molecule has 0 bridgehead atoms. The lowest BCUT2D eigenvalue weighted by Gasteiger charge is -2.18. The molecule has 0 radical (unpaired) electrons. The molecule has 0 atom stereocenters. The van der Waals surface area contributed by atoms with Gasteiger partial charge in [-0.15, -0.1) is 6.58 Å². The van der Waals surface area contributed by atoms with Crippen LogP contribution in [0, 0.1) is 0 Å². The summed E-state index contributed by atoms with van der Waals surface area (Å²) in [5, 5.41) is 3.95. The van der Waals surface area contributed by atoms with E-state index in [1.54, 1.807) is 18.4 Å². The van der Waals surface area contributed by atoms with Crippen molar-refractivity contribution < 1.29 is 8.94 Å². The molecule has 112 valence electrons. The van der Waals surface area contributed by atoms with Gasteiger partial charge in [0, 0.05) is 13.1 Å². The predicted octanol–water partition coefficient (Wildman–Crippen LogP) is 3.52. The molecule has 2 heterocycles. The molecule has 0 N–H and O–H groups in total. The smallest absolute Gasteiger partial charge is 0.241 e. The van der Waals surface area contributed by atoms with Crippen molar-refractivity contribution in [2.45, 2.75) is 13.1 Å². The quantitative estimate of drug-likeness (QED) is 0.624. The topological polar surface area (TPSA) is 55.3 Å². The molecule has 3 aromatic rings. The van der Waals surface area contributed by atoms with Crippen LogP contribution in [0.4, 0.5) is 0 Å². The van der Waals surface area contributed by atoms with Crippen LogP contribution in [-0.4, -0.2) is 21.6 Å². The molecule has 1 aromatic carbocycles. The summed E-state index contributed by atoms with van der Waals surface area (Å²) < 4.78 is 10.6. The van der Waals surface area contributed by atoms with E-state index < -0.39 is 0 Å². The highest BCUT2D eigenvalue weighted by Crippen LogP contribution is 2.17. The van der Waals surface area contributed by atoms with Crippen molar-refractivity contribution in [3.05, 3.63) is 72.8 Å². The third-order valence-corrected chi connectivity index (χ3v) is 3.20. The summed E-state index contributed by atoms with van der Waals surface area (Å²) >= 11 is 0. The SMILES string of the molecule is C=CCN(Cc1ccccc1)Cc1nc(-c2ccco2)no1. The molecule has 0 saturated carbocycles. The fourth-order valence-corrected chi connectivity index (χ4v) is 2.23. The molecule has 5 heteroatoms. The Balaban J connectivity index is 1.69. The summed E-state index contributed by atoms with van der Waals surface area (Å²) in [6.45, 7) is 5.91. The maximum atomic E-state index is 5.31. The van der Waals surface area contributed by atoms with Gasteiger partial charge in [0.15, 0.2) is 5.76 Å². The average Bonchev–Trinajstić information content (AvgIpc) is 3.19. The summed E-state index contributed by atoms with van der Waals surface area (Å²) in [5.41, 5.74) is 1.23. The first-order chi connectivity index (χ1) is 10.8. The Labute approximate surface area is 128 Å². The minimum Gasteiger partial charge on any atom is -0.461 e. The van der Waals surface area contributed by atoms with Gasteiger partial charge in [-0.2, -0.15) is 4.98 Å². The van der Waals surface area contributed by atoms with Gasteiger partial charge in [0.25, 0.3) is 0 Å². The van der Waals surface area contributed by atoms with Crippen LogP contribution in [0.1, 0.15) is 11.5 Å². The standard InChI is InChI=1S/C17H17N3O2/c1-2-10-20(12-14-7-4-3-5-8-14)13-16-18-17(19-22-16)15-9-6-11-21-15/h2-9,11H,1,10,12-13H2. The minimum atomic E-state index is 0.471. The first kappa shape index (κ1) is 14.3. The van der Waals surface area contributed by atoms with Gasteiger partial charge in [-0.05, 0) is 17.7 Å². The van der Waals surface area contributed by atoms with E-state index in [4.69, 9.17) is 8.94 Å². The van der Waals surface area contributed by atoms with Gasteiger partial charge in [-0.3, -0.25) is 4.90 Å². The second kappa shape index (κ2) is 6.87. The first-order valence-corrected chi connectivity index (χ1v) is 7.09. The Hall–Kier alpha value is -2.66. The number of hydrogen-bond acceptors (Lipinski definition) is 5. The molecule has 3 rings (SSSR count). The molecule has 5 nitrogen and oxygen atoms in total. The van der Waals surface area contributed by atoms with Crippen LogP contribution in [0.15, 0.2) is 70.3 Å². The Morgan fingerprint density at radius 3 is 2.68 bits per heavy atom. The van der Waals surface area contributed by atoms with E-state index >= 15 is 0 Å². The van der Waals surface area contributed by atoms with Crippen LogP contribution in [0.3, 0.4) is 0 Å². The number of furan rings is 1. The third-order valence-electron chi connectivity index (χ3n) is 3.20. The fourth-order valence-electron chi connectivity index (χ4n) is 2.23. The maximum absolute atomic E-state index is 5.31. The molecule has 0 aliphatic rings. The van der Waals surface area contributed by atoms with Gasteiger partial charge in [0.2, 0.25) is 11.7 Å². The van der Waals surface area contributed by atoms with Crippen molar-refractivity contribution in [2.24, 2.45) is 0 Å². The molecular weight excluding hydrogens is 278 g/mol. The summed E-state index contributed by atoms with van der Waals surface area (Å²) in [7, 11) is 0. The molecular formula is C17H17N3O2. The Bertz CT molecular complexity index is 705. The van der Waals surface area contributed by atoms with E-state index in [-0.39, 0.29) is 0 Å². The molecule has 0 aliphatic heterocycles. The van der Waals surface area contributed by atoms with Crippen LogP contribution in [-0.2, 0) is 13.1 Å². The van der Waals surface area contributed by atoms with Crippen molar-refractivity contribution >= 4 is 0 Å². The number of rotatable bonds is 7. The van der Waals surface area contributed by atoms with Crippen molar-refractivity contribution in [1.82, 2.24) is 15.0 Å². The van der Waals surface area contributed by atoms with Crippen LogP contribution >= 0.6 is 0 Å². The normalized spacial score (nSPS) is 11.0. The molecule has 0 amide bonds.